The number of para-hydroxylation sites is 1. The molecule has 1 unspecified atom stereocenters. The Kier molecular flexibility index (Phi) is 5.58. The number of methoxy groups -OCH3 is 1. The SMILES string of the molecule is CCC(COC)Nc1ccc(NC=C2C(=O)Nc3ccccc32)cc1C. The summed E-state index contributed by atoms with van der Waals surface area (Å²) in [6.07, 6.45) is 2.76. The lowest BCUT2D eigenvalue weighted by Crippen LogP contribution is -2.24. The van der Waals surface area contributed by atoms with Gasteiger partial charge in [-0.25, -0.2) is 0 Å². The van der Waals surface area contributed by atoms with E-state index >= 15 is 0 Å². The summed E-state index contributed by atoms with van der Waals surface area (Å²) in [6.45, 7) is 4.88. The molecule has 1 amide bonds. The van der Waals surface area contributed by atoms with E-state index in [-0.39, 0.29) is 5.91 Å². The molecule has 0 radical (unpaired) electrons. The van der Waals surface area contributed by atoms with Gasteiger partial charge in [-0.2, -0.15) is 0 Å². The van der Waals surface area contributed by atoms with Crippen molar-refractivity contribution in [3.63, 3.8) is 0 Å². The predicted molar refractivity (Wildman–Crippen MR) is 107 cm³/mol. The molecule has 26 heavy (non-hydrogen) atoms. The third-order valence-electron chi connectivity index (χ3n) is 4.54. The maximum Gasteiger partial charge on any atom is 0.257 e. The summed E-state index contributed by atoms with van der Waals surface area (Å²) in [4.78, 5) is 12.1. The van der Waals surface area contributed by atoms with Gasteiger partial charge >= 0.3 is 0 Å². The van der Waals surface area contributed by atoms with E-state index in [1.54, 1.807) is 13.3 Å². The number of aryl methyl sites for hydroxylation is 1. The summed E-state index contributed by atoms with van der Waals surface area (Å²) < 4.78 is 5.24. The molecule has 136 valence electrons. The third kappa shape index (κ3) is 3.89. The second-order valence-electron chi connectivity index (χ2n) is 6.44. The first-order valence-corrected chi connectivity index (χ1v) is 8.86. The first-order valence-electron chi connectivity index (χ1n) is 8.86. The van der Waals surface area contributed by atoms with E-state index in [0.717, 1.165) is 34.6 Å². The highest BCUT2D eigenvalue weighted by Gasteiger charge is 2.23. The van der Waals surface area contributed by atoms with Crippen molar-refractivity contribution in [3.8, 4) is 0 Å². The number of rotatable bonds is 7. The molecule has 3 rings (SSSR count). The van der Waals surface area contributed by atoms with Crippen molar-refractivity contribution in [3.05, 3.63) is 59.8 Å². The van der Waals surface area contributed by atoms with Crippen molar-refractivity contribution in [1.29, 1.82) is 0 Å². The van der Waals surface area contributed by atoms with E-state index in [0.29, 0.717) is 18.2 Å². The molecular weight excluding hydrogens is 326 g/mol. The third-order valence-corrected chi connectivity index (χ3v) is 4.54. The lowest BCUT2D eigenvalue weighted by molar-refractivity contribution is -0.110. The average Bonchev–Trinajstić information content (AvgIpc) is 2.96. The number of carbonyl (C=O) groups is 1. The van der Waals surface area contributed by atoms with Crippen LogP contribution in [0.1, 0.15) is 24.5 Å². The van der Waals surface area contributed by atoms with E-state index in [1.807, 2.05) is 30.3 Å². The standard InChI is InChI=1S/C21H25N3O2/c1-4-15(13-26-3)23-19-10-9-16(11-14(19)2)22-12-18-17-7-5-6-8-20(17)24-21(18)25/h5-12,15,22-23H,4,13H2,1-3H3,(H,24,25). The van der Waals surface area contributed by atoms with Crippen molar-refractivity contribution in [2.45, 2.75) is 26.3 Å². The van der Waals surface area contributed by atoms with Gasteiger partial charge in [0.15, 0.2) is 0 Å². The molecular formula is C21H25N3O2. The Morgan fingerprint density at radius 1 is 1.23 bits per heavy atom. The van der Waals surface area contributed by atoms with Crippen LogP contribution in [0.2, 0.25) is 0 Å². The molecule has 0 fully saturated rings. The Bertz CT molecular complexity index is 830. The number of hydrogen-bond donors (Lipinski definition) is 3. The summed E-state index contributed by atoms with van der Waals surface area (Å²) in [5.41, 5.74) is 5.59. The van der Waals surface area contributed by atoms with Crippen LogP contribution in [0.5, 0.6) is 0 Å². The van der Waals surface area contributed by atoms with E-state index in [2.05, 4.69) is 41.9 Å². The number of ether oxygens (including phenoxy) is 1. The zero-order chi connectivity index (χ0) is 18.5. The quantitative estimate of drug-likeness (QED) is 0.653. The number of fused-ring (bicyclic) bond motifs is 1. The Hall–Kier alpha value is -2.79. The Morgan fingerprint density at radius 2 is 2.04 bits per heavy atom. The Morgan fingerprint density at radius 3 is 2.77 bits per heavy atom. The normalized spacial score (nSPS) is 15.5. The van der Waals surface area contributed by atoms with E-state index in [1.165, 1.54) is 0 Å². The Labute approximate surface area is 154 Å². The van der Waals surface area contributed by atoms with Gasteiger partial charge in [-0.1, -0.05) is 25.1 Å². The van der Waals surface area contributed by atoms with E-state index in [9.17, 15) is 4.79 Å². The Balaban J connectivity index is 1.73. The van der Waals surface area contributed by atoms with Crippen LogP contribution in [0.3, 0.4) is 0 Å². The molecule has 5 nitrogen and oxygen atoms in total. The summed E-state index contributed by atoms with van der Waals surface area (Å²) in [5, 5.41) is 9.63. The lowest BCUT2D eigenvalue weighted by Gasteiger charge is -2.19. The van der Waals surface area contributed by atoms with Crippen molar-refractivity contribution >= 4 is 28.5 Å². The molecule has 0 spiro atoms. The van der Waals surface area contributed by atoms with Crippen LogP contribution >= 0.6 is 0 Å². The lowest BCUT2D eigenvalue weighted by atomic mass is 10.1. The number of nitrogens with one attached hydrogen (secondary N) is 3. The monoisotopic (exact) mass is 351 g/mol. The summed E-state index contributed by atoms with van der Waals surface area (Å²) in [6, 6.07) is 14.1. The number of carbonyl (C=O) groups excluding carboxylic acids is 1. The molecule has 1 aliphatic rings. The number of anilines is 3. The van der Waals surface area contributed by atoms with Gasteiger partial charge in [-0.3, -0.25) is 4.79 Å². The highest BCUT2D eigenvalue weighted by Crippen LogP contribution is 2.31. The number of amides is 1. The van der Waals surface area contributed by atoms with Crippen LogP contribution in [0, 0.1) is 6.92 Å². The maximum absolute atomic E-state index is 12.1. The second kappa shape index (κ2) is 8.06. The average molecular weight is 351 g/mol. The van der Waals surface area contributed by atoms with Gasteiger partial charge in [-0.05, 0) is 43.2 Å². The highest BCUT2D eigenvalue weighted by atomic mass is 16.5. The van der Waals surface area contributed by atoms with Crippen molar-refractivity contribution in [2.24, 2.45) is 0 Å². The van der Waals surface area contributed by atoms with Crippen LogP contribution < -0.4 is 16.0 Å². The van der Waals surface area contributed by atoms with Gasteiger partial charge in [0.05, 0.1) is 12.2 Å². The van der Waals surface area contributed by atoms with E-state index in [4.69, 9.17) is 4.74 Å². The molecule has 0 aromatic heterocycles. The van der Waals surface area contributed by atoms with Crippen molar-refractivity contribution in [1.82, 2.24) is 0 Å². The largest absolute Gasteiger partial charge is 0.383 e. The molecule has 2 aromatic rings. The van der Waals surface area contributed by atoms with Gasteiger partial charge in [0.2, 0.25) is 0 Å². The first-order chi connectivity index (χ1) is 12.6. The minimum atomic E-state index is -0.0842. The fourth-order valence-electron chi connectivity index (χ4n) is 3.04. The molecule has 1 heterocycles. The fraction of sp³-hybridized carbons (Fsp3) is 0.286. The van der Waals surface area contributed by atoms with Crippen LogP contribution in [0.25, 0.3) is 5.57 Å². The zero-order valence-corrected chi connectivity index (χ0v) is 15.4. The molecule has 5 heteroatoms. The molecule has 0 aliphatic carbocycles. The molecule has 0 bridgehead atoms. The van der Waals surface area contributed by atoms with Crippen LogP contribution in [-0.4, -0.2) is 25.7 Å². The van der Waals surface area contributed by atoms with Crippen LogP contribution in [0.15, 0.2) is 48.7 Å². The van der Waals surface area contributed by atoms with Crippen molar-refractivity contribution < 1.29 is 9.53 Å². The highest BCUT2D eigenvalue weighted by molar-refractivity contribution is 6.31. The van der Waals surface area contributed by atoms with Gasteiger partial charge in [-0.15, -0.1) is 0 Å². The van der Waals surface area contributed by atoms with Gasteiger partial charge in [0, 0.05) is 42.0 Å². The zero-order valence-electron chi connectivity index (χ0n) is 15.4. The molecule has 1 atom stereocenters. The first kappa shape index (κ1) is 18.0. The summed E-state index contributed by atoms with van der Waals surface area (Å²) >= 11 is 0. The topological polar surface area (TPSA) is 62.4 Å². The minimum absolute atomic E-state index is 0.0842. The molecule has 0 saturated carbocycles. The molecule has 1 aliphatic heterocycles. The summed E-state index contributed by atoms with van der Waals surface area (Å²) in [5.74, 6) is -0.0842. The van der Waals surface area contributed by atoms with Crippen molar-refractivity contribution in [2.75, 3.05) is 29.7 Å². The smallest absolute Gasteiger partial charge is 0.257 e. The second-order valence-corrected chi connectivity index (χ2v) is 6.44. The van der Waals surface area contributed by atoms with Gasteiger partial charge in [0.25, 0.3) is 5.91 Å². The van der Waals surface area contributed by atoms with Crippen LogP contribution in [0.4, 0.5) is 17.1 Å². The van der Waals surface area contributed by atoms with Crippen LogP contribution in [-0.2, 0) is 9.53 Å². The van der Waals surface area contributed by atoms with Gasteiger partial charge in [0.1, 0.15) is 0 Å². The molecule has 2 aromatic carbocycles. The number of benzene rings is 2. The minimum Gasteiger partial charge on any atom is -0.383 e. The molecule has 0 saturated heterocycles. The molecule has 3 N–H and O–H groups in total. The number of hydrogen-bond acceptors (Lipinski definition) is 4. The van der Waals surface area contributed by atoms with E-state index < -0.39 is 0 Å². The van der Waals surface area contributed by atoms with Gasteiger partial charge < -0.3 is 20.7 Å². The maximum atomic E-state index is 12.1. The predicted octanol–water partition coefficient (Wildman–Crippen LogP) is 4.24. The fourth-order valence-corrected chi connectivity index (χ4v) is 3.04. The summed E-state index contributed by atoms with van der Waals surface area (Å²) in [7, 11) is 1.72.